The van der Waals surface area contributed by atoms with Gasteiger partial charge in [0.25, 0.3) is 0 Å². The lowest BCUT2D eigenvalue weighted by Crippen LogP contribution is -2.28. The third kappa shape index (κ3) is 6.39. The van der Waals surface area contributed by atoms with Gasteiger partial charge in [-0.15, -0.1) is 0 Å². The van der Waals surface area contributed by atoms with Crippen LogP contribution in [0.1, 0.15) is 61.3 Å². The van der Waals surface area contributed by atoms with Crippen LogP contribution in [0.25, 0.3) is 27.5 Å². The van der Waals surface area contributed by atoms with Gasteiger partial charge in [-0.1, -0.05) is 25.9 Å². The van der Waals surface area contributed by atoms with Crippen LogP contribution in [0.3, 0.4) is 0 Å². The SMILES string of the molecule is CCC(=O)O/N=C(\C)C(=O)c1ccc2c(c1)c1cc(C(=O)C(C)CNOC(=O)CC)ccc1n2-c1ccc(OC)cc1. The van der Waals surface area contributed by atoms with Crippen LogP contribution in [-0.2, 0) is 19.3 Å². The second-order valence-corrected chi connectivity index (χ2v) is 9.76. The van der Waals surface area contributed by atoms with Gasteiger partial charge in [-0.3, -0.25) is 14.4 Å². The minimum absolute atomic E-state index is 0.0380. The number of Topliss-reactive ketones (excluding diaryl/α,β-unsaturated/α-hetero) is 2. The molecule has 0 aliphatic carbocycles. The minimum atomic E-state index is -0.537. The standard InChI is InChI=1S/C32H33N3O7/c1-6-29(36)41-33-18-19(3)31(38)21-8-14-27-25(16-21)26-17-22(32(39)20(4)34-42-30(37)7-2)9-15-28(26)35(27)23-10-12-24(40-5)13-11-23/h8-17,19,33H,6-7,18H2,1-5H3/b34-20+. The van der Waals surface area contributed by atoms with Gasteiger partial charge in [0, 0.05) is 52.9 Å². The van der Waals surface area contributed by atoms with Crippen molar-refractivity contribution >= 4 is 51.0 Å². The predicted molar refractivity (Wildman–Crippen MR) is 159 cm³/mol. The molecule has 1 N–H and O–H groups in total. The average molecular weight is 572 g/mol. The van der Waals surface area contributed by atoms with E-state index in [1.54, 1.807) is 46.1 Å². The van der Waals surface area contributed by atoms with Gasteiger partial charge in [0.05, 0.1) is 18.1 Å². The van der Waals surface area contributed by atoms with Crippen molar-refractivity contribution < 1.29 is 33.6 Å². The summed E-state index contributed by atoms with van der Waals surface area (Å²) in [5, 5.41) is 5.22. The first-order valence-electron chi connectivity index (χ1n) is 13.7. The van der Waals surface area contributed by atoms with Crippen LogP contribution < -0.4 is 10.2 Å². The van der Waals surface area contributed by atoms with Crippen molar-refractivity contribution in [2.45, 2.75) is 40.5 Å². The summed E-state index contributed by atoms with van der Waals surface area (Å²) in [5.74, 6) is -1.22. The normalized spacial score (nSPS) is 12.3. The molecule has 1 atom stereocenters. The van der Waals surface area contributed by atoms with Crippen molar-refractivity contribution in [1.29, 1.82) is 0 Å². The molecular formula is C32H33N3O7. The van der Waals surface area contributed by atoms with E-state index in [-0.39, 0.29) is 36.7 Å². The molecule has 0 radical (unpaired) electrons. The molecule has 0 saturated carbocycles. The zero-order valence-electron chi connectivity index (χ0n) is 24.2. The quantitative estimate of drug-likeness (QED) is 0.101. The summed E-state index contributed by atoms with van der Waals surface area (Å²) in [6, 6.07) is 18.3. The fraction of sp³-hybridized carbons (Fsp3) is 0.281. The van der Waals surface area contributed by atoms with Crippen LogP contribution in [0, 0.1) is 5.92 Å². The van der Waals surface area contributed by atoms with E-state index in [0.717, 1.165) is 27.5 Å². The van der Waals surface area contributed by atoms with Crippen LogP contribution in [0.5, 0.6) is 5.75 Å². The number of nitrogens with one attached hydrogen (secondary N) is 1. The van der Waals surface area contributed by atoms with Gasteiger partial charge < -0.3 is 19.0 Å². The summed E-state index contributed by atoms with van der Waals surface area (Å²) < 4.78 is 7.37. The van der Waals surface area contributed by atoms with Gasteiger partial charge in [-0.25, -0.2) is 4.79 Å². The predicted octanol–water partition coefficient (Wildman–Crippen LogP) is 5.58. The smallest absolute Gasteiger partial charge is 0.334 e. The van der Waals surface area contributed by atoms with Gasteiger partial charge in [0.1, 0.15) is 11.5 Å². The number of hydrogen-bond acceptors (Lipinski definition) is 9. The molecule has 0 aliphatic rings. The van der Waals surface area contributed by atoms with E-state index in [1.165, 1.54) is 6.92 Å². The van der Waals surface area contributed by atoms with Crippen LogP contribution in [0.2, 0.25) is 0 Å². The number of carbonyl (C=O) groups is 4. The molecule has 0 aliphatic heterocycles. The summed E-state index contributed by atoms with van der Waals surface area (Å²) in [6.07, 6.45) is 0.366. The van der Waals surface area contributed by atoms with Gasteiger partial charge in [0.15, 0.2) is 5.78 Å². The molecule has 42 heavy (non-hydrogen) atoms. The highest BCUT2D eigenvalue weighted by Crippen LogP contribution is 2.34. The maximum absolute atomic E-state index is 13.3. The Morgan fingerprint density at radius 3 is 2.05 bits per heavy atom. The Labute approximate surface area is 243 Å². The van der Waals surface area contributed by atoms with E-state index >= 15 is 0 Å². The minimum Gasteiger partial charge on any atom is -0.497 e. The Morgan fingerprint density at radius 1 is 0.857 bits per heavy atom. The zero-order chi connectivity index (χ0) is 30.4. The number of nitrogens with zero attached hydrogens (tertiary/aromatic N) is 2. The lowest BCUT2D eigenvalue weighted by atomic mass is 9.97. The molecule has 1 aromatic heterocycles. The molecule has 3 aromatic carbocycles. The first-order chi connectivity index (χ1) is 20.2. The molecule has 4 aromatic rings. The van der Waals surface area contributed by atoms with Crippen molar-refractivity contribution in [2.75, 3.05) is 13.7 Å². The fourth-order valence-corrected chi connectivity index (χ4v) is 4.46. The van der Waals surface area contributed by atoms with E-state index in [2.05, 4.69) is 10.6 Å². The topological polar surface area (TPSA) is 125 Å². The van der Waals surface area contributed by atoms with E-state index in [4.69, 9.17) is 14.4 Å². The number of fused-ring (bicyclic) bond motifs is 3. The van der Waals surface area contributed by atoms with Crippen molar-refractivity contribution in [2.24, 2.45) is 11.1 Å². The number of ketones is 2. The molecule has 0 amide bonds. The molecule has 0 fully saturated rings. The van der Waals surface area contributed by atoms with E-state index in [0.29, 0.717) is 16.9 Å². The maximum Gasteiger partial charge on any atom is 0.334 e. The van der Waals surface area contributed by atoms with Crippen LogP contribution >= 0.6 is 0 Å². The average Bonchev–Trinajstić information content (AvgIpc) is 3.35. The van der Waals surface area contributed by atoms with Gasteiger partial charge >= 0.3 is 11.9 Å². The van der Waals surface area contributed by atoms with Gasteiger partial charge in [0.2, 0.25) is 5.78 Å². The lowest BCUT2D eigenvalue weighted by Gasteiger charge is -2.12. The first kappa shape index (κ1) is 30.1. The number of ether oxygens (including phenoxy) is 1. The third-order valence-corrected chi connectivity index (χ3v) is 6.86. The lowest BCUT2D eigenvalue weighted by molar-refractivity contribution is -0.151. The Morgan fingerprint density at radius 2 is 1.45 bits per heavy atom. The fourth-order valence-electron chi connectivity index (χ4n) is 4.46. The number of benzene rings is 3. The third-order valence-electron chi connectivity index (χ3n) is 6.86. The Hall–Kier alpha value is -4.83. The first-order valence-corrected chi connectivity index (χ1v) is 13.7. The second-order valence-electron chi connectivity index (χ2n) is 9.76. The molecular weight excluding hydrogens is 538 g/mol. The van der Waals surface area contributed by atoms with E-state index in [1.807, 2.05) is 47.0 Å². The summed E-state index contributed by atoms with van der Waals surface area (Å²) >= 11 is 0. The van der Waals surface area contributed by atoms with E-state index in [9.17, 15) is 19.2 Å². The molecule has 218 valence electrons. The van der Waals surface area contributed by atoms with Crippen LogP contribution in [0.4, 0.5) is 0 Å². The molecule has 1 unspecified atom stereocenters. The number of carbonyl (C=O) groups excluding carboxylic acids is 4. The molecule has 0 spiro atoms. The van der Waals surface area contributed by atoms with E-state index < -0.39 is 17.9 Å². The largest absolute Gasteiger partial charge is 0.497 e. The van der Waals surface area contributed by atoms with Crippen molar-refractivity contribution in [3.63, 3.8) is 0 Å². The second kappa shape index (κ2) is 13.2. The number of methoxy groups -OCH3 is 1. The number of hydroxylamine groups is 1. The molecule has 10 heteroatoms. The van der Waals surface area contributed by atoms with Crippen molar-refractivity contribution in [3.05, 3.63) is 71.8 Å². The number of hydrogen-bond donors (Lipinski definition) is 1. The molecule has 4 rings (SSSR count). The maximum atomic E-state index is 13.3. The molecule has 1 heterocycles. The number of rotatable bonds is 12. The molecule has 10 nitrogen and oxygen atoms in total. The summed E-state index contributed by atoms with van der Waals surface area (Å²) in [6.45, 7) is 6.73. The van der Waals surface area contributed by atoms with Crippen LogP contribution in [-0.4, -0.2) is 47.4 Å². The Kier molecular flexibility index (Phi) is 9.49. The monoisotopic (exact) mass is 571 g/mol. The zero-order valence-corrected chi connectivity index (χ0v) is 24.2. The Bertz CT molecular complexity index is 1690. The highest BCUT2D eigenvalue weighted by molar-refractivity contribution is 6.45. The highest BCUT2D eigenvalue weighted by Gasteiger charge is 2.21. The molecule has 0 bridgehead atoms. The van der Waals surface area contributed by atoms with Crippen molar-refractivity contribution in [3.8, 4) is 11.4 Å². The van der Waals surface area contributed by atoms with Crippen molar-refractivity contribution in [1.82, 2.24) is 10.0 Å². The Balaban J connectivity index is 1.80. The number of aromatic nitrogens is 1. The highest BCUT2D eigenvalue weighted by atomic mass is 16.7. The summed E-state index contributed by atoms with van der Waals surface area (Å²) in [5.41, 5.74) is 5.98. The van der Waals surface area contributed by atoms with Gasteiger partial charge in [-0.05, 0) is 67.6 Å². The van der Waals surface area contributed by atoms with Gasteiger partial charge in [-0.2, -0.15) is 5.48 Å². The summed E-state index contributed by atoms with van der Waals surface area (Å²) in [4.78, 5) is 59.1. The molecule has 0 saturated heterocycles. The number of oxime groups is 1. The van der Waals surface area contributed by atoms with Crippen LogP contribution in [0.15, 0.2) is 65.8 Å². The summed E-state index contributed by atoms with van der Waals surface area (Å²) in [7, 11) is 1.60.